The second kappa shape index (κ2) is 5.31. The summed E-state index contributed by atoms with van der Waals surface area (Å²) in [5, 5.41) is -0.306. The molecule has 3 rings (SSSR count). The van der Waals surface area contributed by atoms with E-state index < -0.39 is 10.1 Å². The minimum absolute atomic E-state index is 0.306. The number of nitrogens with zero attached hydrogens (tertiary/aromatic N) is 2. The third-order valence-corrected chi connectivity index (χ3v) is 4.09. The van der Waals surface area contributed by atoms with Gasteiger partial charge in [0.15, 0.2) is 0 Å². The predicted octanol–water partition coefficient (Wildman–Crippen LogP) is 2.53. The average Bonchev–Trinajstić information content (AvgIpc) is 2.85. The molecule has 0 saturated heterocycles. The van der Waals surface area contributed by atoms with Gasteiger partial charge in [-0.1, -0.05) is 42.5 Å². The fourth-order valence-corrected chi connectivity index (χ4v) is 3.03. The predicted molar refractivity (Wildman–Crippen MR) is 79.7 cm³/mol. The molecule has 1 aromatic heterocycles. The van der Waals surface area contributed by atoms with Gasteiger partial charge in [-0.3, -0.25) is 4.55 Å². The van der Waals surface area contributed by atoms with E-state index in [0.717, 1.165) is 5.56 Å². The topological polar surface area (TPSA) is 72.2 Å². The van der Waals surface area contributed by atoms with E-state index in [9.17, 15) is 13.0 Å². The Bertz CT molecular complexity index is 870. The van der Waals surface area contributed by atoms with Crippen LogP contribution in [0.3, 0.4) is 0 Å². The summed E-state index contributed by atoms with van der Waals surface area (Å²) in [5.41, 5.74) is 2.34. The van der Waals surface area contributed by atoms with Gasteiger partial charge in [-0.05, 0) is 24.1 Å². The number of aryl methyl sites for hydroxylation is 2. The van der Waals surface area contributed by atoms with Crippen molar-refractivity contribution in [2.45, 2.75) is 18.1 Å². The van der Waals surface area contributed by atoms with Gasteiger partial charge in [-0.25, -0.2) is 4.98 Å². The van der Waals surface area contributed by atoms with Gasteiger partial charge in [-0.15, -0.1) is 0 Å². The van der Waals surface area contributed by atoms with Crippen LogP contribution in [0.5, 0.6) is 0 Å². The van der Waals surface area contributed by atoms with Crippen molar-refractivity contribution in [2.24, 2.45) is 0 Å². The minimum atomic E-state index is -4.35. The molecule has 0 spiro atoms. The van der Waals surface area contributed by atoms with Crippen LogP contribution >= 0.6 is 0 Å². The van der Waals surface area contributed by atoms with E-state index in [4.69, 9.17) is 0 Å². The molecule has 2 aromatic carbocycles. The zero-order valence-corrected chi connectivity index (χ0v) is 12.0. The van der Waals surface area contributed by atoms with Crippen molar-refractivity contribution in [3.8, 4) is 0 Å². The molecule has 108 valence electrons. The molecule has 0 aliphatic carbocycles. The molecule has 0 unspecified atom stereocenters. The van der Waals surface area contributed by atoms with Crippen LogP contribution in [0, 0.1) is 0 Å². The first-order valence-electron chi connectivity index (χ1n) is 6.52. The second-order valence-corrected chi connectivity index (χ2v) is 6.06. The zero-order valence-electron chi connectivity index (χ0n) is 11.2. The van der Waals surface area contributed by atoms with Crippen molar-refractivity contribution in [3.63, 3.8) is 0 Å². The fraction of sp³-hybridized carbons (Fsp3) is 0.133. The smallest absolute Gasteiger partial charge is 0.312 e. The molecule has 0 aliphatic heterocycles. The highest BCUT2D eigenvalue weighted by atomic mass is 32.2. The third-order valence-electron chi connectivity index (χ3n) is 3.32. The normalized spacial score (nSPS) is 11.9. The summed E-state index contributed by atoms with van der Waals surface area (Å²) in [6, 6.07) is 16.9. The Morgan fingerprint density at radius 1 is 1.00 bits per heavy atom. The number of fused-ring (bicyclic) bond motifs is 1. The standard InChI is InChI=1S/C15H14N2O3S/c18-21(19,20)15-16-13-8-4-5-9-14(13)17(15)11-10-12-6-2-1-3-7-12/h1-9H,10-11H2,(H,18,19,20). The molecule has 1 N–H and O–H groups in total. The molecule has 0 atom stereocenters. The van der Waals surface area contributed by atoms with E-state index in [0.29, 0.717) is 24.0 Å². The van der Waals surface area contributed by atoms with Crippen molar-refractivity contribution < 1.29 is 13.0 Å². The molecule has 0 saturated carbocycles. The third kappa shape index (κ3) is 2.81. The van der Waals surface area contributed by atoms with Crippen LogP contribution in [0.4, 0.5) is 0 Å². The number of hydrogen-bond donors (Lipinski definition) is 1. The first-order valence-corrected chi connectivity index (χ1v) is 7.96. The Balaban J connectivity index is 2.03. The van der Waals surface area contributed by atoms with Gasteiger partial charge in [0.2, 0.25) is 0 Å². The Hall–Kier alpha value is -2.18. The molecule has 3 aromatic rings. The summed E-state index contributed by atoms with van der Waals surface area (Å²) < 4.78 is 33.9. The van der Waals surface area contributed by atoms with E-state index in [1.807, 2.05) is 36.4 Å². The summed E-state index contributed by atoms with van der Waals surface area (Å²) in [6.45, 7) is 0.430. The second-order valence-electron chi connectivity index (χ2n) is 4.75. The maximum Gasteiger partial charge on any atom is 0.328 e. The fourth-order valence-electron chi connectivity index (χ4n) is 2.35. The monoisotopic (exact) mass is 302 g/mol. The van der Waals surface area contributed by atoms with Crippen LogP contribution in [0.25, 0.3) is 11.0 Å². The van der Waals surface area contributed by atoms with Gasteiger partial charge >= 0.3 is 10.1 Å². The van der Waals surface area contributed by atoms with Crippen molar-refractivity contribution in [1.29, 1.82) is 0 Å². The lowest BCUT2D eigenvalue weighted by atomic mass is 10.1. The lowest BCUT2D eigenvalue weighted by Crippen LogP contribution is -2.11. The van der Waals surface area contributed by atoms with Gasteiger partial charge in [0, 0.05) is 6.54 Å². The molecule has 0 aliphatic rings. The number of imidazole rings is 1. The zero-order chi connectivity index (χ0) is 14.9. The summed E-state index contributed by atoms with van der Waals surface area (Å²) in [4.78, 5) is 4.02. The molecular formula is C15H14N2O3S. The highest BCUT2D eigenvalue weighted by molar-refractivity contribution is 7.85. The van der Waals surface area contributed by atoms with E-state index in [2.05, 4.69) is 4.98 Å². The van der Waals surface area contributed by atoms with Gasteiger partial charge in [0.25, 0.3) is 5.16 Å². The summed E-state index contributed by atoms with van der Waals surface area (Å²) >= 11 is 0. The summed E-state index contributed by atoms with van der Waals surface area (Å²) in [6.07, 6.45) is 0.656. The molecule has 21 heavy (non-hydrogen) atoms. The van der Waals surface area contributed by atoms with Crippen molar-refractivity contribution in [2.75, 3.05) is 0 Å². The van der Waals surface area contributed by atoms with Gasteiger partial charge in [0.1, 0.15) is 0 Å². The molecule has 5 nitrogen and oxygen atoms in total. The highest BCUT2D eigenvalue weighted by Crippen LogP contribution is 2.20. The van der Waals surface area contributed by atoms with E-state index in [1.165, 1.54) is 4.57 Å². The molecule has 0 fully saturated rings. The molecule has 0 amide bonds. The Morgan fingerprint density at radius 3 is 2.38 bits per heavy atom. The van der Waals surface area contributed by atoms with Crippen LogP contribution in [-0.2, 0) is 23.1 Å². The Labute approximate surface area is 122 Å². The number of rotatable bonds is 4. The minimum Gasteiger partial charge on any atom is -0.312 e. The maximum absolute atomic E-state index is 11.5. The van der Waals surface area contributed by atoms with E-state index >= 15 is 0 Å². The van der Waals surface area contributed by atoms with E-state index in [1.54, 1.807) is 18.2 Å². The number of para-hydroxylation sites is 2. The lowest BCUT2D eigenvalue weighted by Gasteiger charge is -2.07. The molecule has 0 bridgehead atoms. The van der Waals surface area contributed by atoms with Crippen LogP contribution in [0.15, 0.2) is 59.8 Å². The quantitative estimate of drug-likeness (QED) is 0.752. The number of aromatic nitrogens is 2. The Morgan fingerprint density at radius 2 is 1.67 bits per heavy atom. The van der Waals surface area contributed by atoms with Crippen molar-refractivity contribution in [1.82, 2.24) is 9.55 Å². The van der Waals surface area contributed by atoms with Gasteiger partial charge < -0.3 is 4.57 Å². The number of benzene rings is 2. The summed E-state index contributed by atoms with van der Waals surface area (Å²) in [5.74, 6) is 0. The van der Waals surface area contributed by atoms with Crippen LogP contribution in [0.2, 0.25) is 0 Å². The lowest BCUT2D eigenvalue weighted by molar-refractivity contribution is 0.464. The average molecular weight is 302 g/mol. The number of hydrogen-bond acceptors (Lipinski definition) is 3. The highest BCUT2D eigenvalue weighted by Gasteiger charge is 2.20. The largest absolute Gasteiger partial charge is 0.328 e. The molecule has 1 heterocycles. The van der Waals surface area contributed by atoms with Crippen LogP contribution in [-0.4, -0.2) is 22.5 Å². The maximum atomic E-state index is 11.5. The van der Waals surface area contributed by atoms with E-state index in [-0.39, 0.29) is 5.16 Å². The van der Waals surface area contributed by atoms with Gasteiger partial charge in [-0.2, -0.15) is 8.42 Å². The summed E-state index contributed by atoms with van der Waals surface area (Å²) in [7, 11) is -4.35. The SMILES string of the molecule is O=S(=O)(O)c1nc2ccccc2n1CCc1ccccc1. The first-order chi connectivity index (χ1) is 10.1. The van der Waals surface area contributed by atoms with Crippen LogP contribution in [0.1, 0.15) is 5.56 Å². The molecular weight excluding hydrogens is 288 g/mol. The van der Waals surface area contributed by atoms with Crippen LogP contribution < -0.4 is 0 Å². The Kier molecular flexibility index (Phi) is 3.48. The molecule has 6 heteroatoms. The first kappa shape index (κ1) is 13.8. The molecule has 0 radical (unpaired) electrons. The van der Waals surface area contributed by atoms with Crippen molar-refractivity contribution >= 4 is 21.2 Å². The van der Waals surface area contributed by atoms with Gasteiger partial charge in [0.05, 0.1) is 11.0 Å². The van der Waals surface area contributed by atoms with Crippen molar-refractivity contribution in [3.05, 3.63) is 60.2 Å².